The second kappa shape index (κ2) is 9.41. The summed E-state index contributed by atoms with van der Waals surface area (Å²) in [5.41, 5.74) is 1.70. The van der Waals surface area contributed by atoms with Gasteiger partial charge in [0.05, 0.1) is 23.4 Å². The zero-order valence-corrected chi connectivity index (χ0v) is 16.3. The van der Waals surface area contributed by atoms with Gasteiger partial charge in [0.1, 0.15) is 6.61 Å². The maximum Gasteiger partial charge on any atom is 0.416 e. The van der Waals surface area contributed by atoms with Crippen molar-refractivity contribution in [1.82, 2.24) is 5.43 Å². The van der Waals surface area contributed by atoms with Crippen molar-refractivity contribution in [2.24, 2.45) is 5.10 Å². The summed E-state index contributed by atoms with van der Waals surface area (Å²) in [4.78, 5) is 12.0. The van der Waals surface area contributed by atoms with Crippen LogP contribution in [0.1, 0.15) is 21.5 Å². The Hall–Kier alpha value is -2.81. The van der Waals surface area contributed by atoms with E-state index in [1.807, 2.05) is 0 Å². The quantitative estimate of drug-likeness (QED) is 0.369. The van der Waals surface area contributed by atoms with Gasteiger partial charge in [-0.05, 0) is 51.8 Å². The third-order valence-electron chi connectivity index (χ3n) is 3.43. The number of hydrogen-bond donors (Lipinski definition) is 1. The van der Waals surface area contributed by atoms with E-state index in [1.54, 1.807) is 18.2 Å². The van der Waals surface area contributed by atoms with Gasteiger partial charge in [-0.15, -0.1) is 0 Å². The van der Waals surface area contributed by atoms with E-state index in [0.717, 1.165) is 18.2 Å². The molecule has 0 saturated carbocycles. The van der Waals surface area contributed by atoms with Crippen molar-refractivity contribution < 1.29 is 27.4 Å². The van der Waals surface area contributed by atoms with Gasteiger partial charge in [-0.25, -0.2) is 5.43 Å². The molecule has 2 aromatic rings. The first-order chi connectivity index (χ1) is 13.3. The summed E-state index contributed by atoms with van der Waals surface area (Å²) in [6, 6.07) is 7.39. The minimum Gasteiger partial charge on any atom is -0.493 e. The number of methoxy groups -OCH3 is 1. The molecule has 0 unspecified atom stereocenters. The van der Waals surface area contributed by atoms with Crippen LogP contribution in [-0.4, -0.2) is 25.8 Å². The number of alkyl halides is 3. The Balaban J connectivity index is 2.13. The van der Waals surface area contributed by atoms with Crippen LogP contribution in [-0.2, 0) is 6.18 Å². The standard InChI is InChI=1S/C19H16BrF3N2O3/c1-3-7-28-17-15(20)8-12(9-16(17)27-2)11-24-25-18(26)13-5-4-6-14(10-13)19(21,22)23/h3-6,8-11H,1,7H2,2H3,(H,25,26)/b24-11-. The van der Waals surface area contributed by atoms with Crippen molar-refractivity contribution in [3.05, 3.63) is 70.2 Å². The van der Waals surface area contributed by atoms with Gasteiger partial charge in [-0.3, -0.25) is 4.79 Å². The molecule has 1 amide bonds. The number of hydrogen-bond acceptors (Lipinski definition) is 4. The Kier molecular flexibility index (Phi) is 7.22. The fourth-order valence-corrected chi connectivity index (χ4v) is 2.74. The smallest absolute Gasteiger partial charge is 0.416 e. The summed E-state index contributed by atoms with van der Waals surface area (Å²) in [5.74, 6) is 0.147. The number of ether oxygens (including phenoxy) is 2. The maximum absolute atomic E-state index is 12.7. The number of carbonyl (C=O) groups excluding carboxylic acids is 1. The van der Waals surface area contributed by atoms with Gasteiger partial charge in [-0.1, -0.05) is 18.7 Å². The fourth-order valence-electron chi connectivity index (χ4n) is 2.16. The Bertz CT molecular complexity index is 898. The van der Waals surface area contributed by atoms with Crippen LogP contribution in [0.2, 0.25) is 0 Å². The van der Waals surface area contributed by atoms with E-state index in [0.29, 0.717) is 21.5 Å². The van der Waals surface area contributed by atoms with Crippen molar-refractivity contribution in [2.45, 2.75) is 6.18 Å². The first-order valence-electron chi connectivity index (χ1n) is 7.88. The maximum atomic E-state index is 12.7. The third kappa shape index (κ3) is 5.59. The van der Waals surface area contributed by atoms with Gasteiger partial charge < -0.3 is 9.47 Å². The lowest BCUT2D eigenvalue weighted by molar-refractivity contribution is -0.137. The van der Waals surface area contributed by atoms with Crippen molar-refractivity contribution in [3.63, 3.8) is 0 Å². The lowest BCUT2D eigenvalue weighted by Crippen LogP contribution is -2.18. The molecule has 0 spiro atoms. The molecule has 0 aliphatic rings. The normalized spacial score (nSPS) is 11.3. The SMILES string of the molecule is C=CCOc1c(Br)cc(/C=N\NC(=O)c2cccc(C(F)(F)F)c2)cc1OC. The molecule has 2 rings (SSSR count). The lowest BCUT2D eigenvalue weighted by atomic mass is 10.1. The van der Waals surface area contributed by atoms with Crippen molar-refractivity contribution in [2.75, 3.05) is 13.7 Å². The molecule has 0 atom stereocenters. The topological polar surface area (TPSA) is 59.9 Å². The van der Waals surface area contributed by atoms with Gasteiger partial charge >= 0.3 is 6.18 Å². The zero-order chi connectivity index (χ0) is 20.7. The molecule has 5 nitrogen and oxygen atoms in total. The summed E-state index contributed by atoms with van der Waals surface area (Å²) < 4.78 is 49.6. The highest BCUT2D eigenvalue weighted by molar-refractivity contribution is 9.10. The summed E-state index contributed by atoms with van der Waals surface area (Å²) >= 11 is 3.36. The molecule has 0 heterocycles. The van der Waals surface area contributed by atoms with Crippen molar-refractivity contribution >= 4 is 28.1 Å². The molecule has 1 N–H and O–H groups in total. The molecule has 0 saturated heterocycles. The number of benzene rings is 2. The van der Waals surface area contributed by atoms with Gasteiger partial charge in [0, 0.05) is 5.56 Å². The molecular formula is C19H16BrF3N2O3. The first-order valence-corrected chi connectivity index (χ1v) is 8.67. The molecule has 148 valence electrons. The van der Waals surface area contributed by atoms with E-state index in [-0.39, 0.29) is 12.2 Å². The third-order valence-corrected chi connectivity index (χ3v) is 4.02. The van der Waals surface area contributed by atoms with E-state index >= 15 is 0 Å². The van der Waals surface area contributed by atoms with Gasteiger partial charge in [-0.2, -0.15) is 18.3 Å². The molecular weight excluding hydrogens is 441 g/mol. The lowest BCUT2D eigenvalue weighted by Gasteiger charge is -2.12. The molecule has 0 aliphatic carbocycles. The van der Waals surface area contributed by atoms with E-state index in [9.17, 15) is 18.0 Å². The first kappa shape index (κ1) is 21.5. The summed E-state index contributed by atoms with van der Waals surface area (Å²) in [6.45, 7) is 3.86. The number of amides is 1. The molecule has 0 radical (unpaired) electrons. The molecule has 0 bridgehead atoms. The second-order valence-corrected chi connectivity index (χ2v) is 6.27. The highest BCUT2D eigenvalue weighted by Crippen LogP contribution is 2.36. The van der Waals surface area contributed by atoms with Crippen LogP contribution >= 0.6 is 15.9 Å². The van der Waals surface area contributed by atoms with Gasteiger partial charge in [0.2, 0.25) is 0 Å². The van der Waals surface area contributed by atoms with Crippen molar-refractivity contribution in [3.8, 4) is 11.5 Å². The Morgan fingerprint density at radius 1 is 1.32 bits per heavy atom. The van der Waals surface area contributed by atoms with Crippen LogP contribution < -0.4 is 14.9 Å². The molecule has 2 aromatic carbocycles. The van der Waals surface area contributed by atoms with E-state index < -0.39 is 17.6 Å². The van der Waals surface area contributed by atoms with Gasteiger partial charge in [0.15, 0.2) is 11.5 Å². The number of nitrogens with zero attached hydrogens (tertiary/aromatic N) is 1. The van der Waals surface area contributed by atoms with Crippen molar-refractivity contribution in [1.29, 1.82) is 0 Å². The molecule has 9 heteroatoms. The summed E-state index contributed by atoms with van der Waals surface area (Å²) in [7, 11) is 1.47. The number of hydrazone groups is 1. The van der Waals surface area contributed by atoms with Crippen LogP contribution in [0, 0.1) is 0 Å². The predicted molar refractivity (Wildman–Crippen MR) is 103 cm³/mol. The largest absolute Gasteiger partial charge is 0.493 e. The number of rotatable bonds is 7. The minimum absolute atomic E-state index is 0.154. The van der Waals surface area contributed by atoms with E-state index in [2.05, 4.69) is 33.0 Å². The van der Waals surface area contributed by atoms with Gasteiger partial charge in [0.25, 0.3) is 5.91 Å². The molecule has 28 heavy (non-hydrogen) atoms. The van der Waals surface area contributed by atoms with E-state index in [4.69, 9.17) is 9.47 Å². The Labute approximate surface area is 168 Å². The second-order valence-electron chi connectivity index (χ2n) is 5.41. The average Bonchev–Trinajstić information content (AvgIpc) is 2.66. The Morgan fingerprint density at radius 2 is 2.07 bits per heavy atom. The van der Waals surface area contributed by atoms with Crippen LogP contribution in [0.5, 0.6) is 11.5 Å². The van der Waals surface area contributed by atoms with Crippen LogP contribution in [0.4, 0.5) is 13.2 Å². The van der Waals surface area contributed by atoms with Crippen LogP contribution in [0.25, 0.3) is 0 Å². The van der Waals surface area contributed by atoms with Crippen LogP contribution in [0.15, 0.2) is 58.6 Å². The molecule has 0 aromatic heterocycles. The zero-order valence-electron chi connectivity index (χ0n) is 14.7. The number of nitrogens with one attached hydrogen (secondary N) is 1. The summed E-state index contributed by atoms with van der Waals surface area (Å²) in [5, 5.41) is 3.78. The monoisotopic (exact) mass is 456 g/mol. The number of carbonyl (C=O) groups is 1. The average molecular weight is 457 g/mol. The molecule has 0 aliphatic heterocycles. The number of halogens is 4. The summed E-state index contributed by atoms with van der Waals surface area (Å²) in [6.07, 6.45) is -1.61. The Morgan fingerprint density at radius 3 is 2.71 bits per heavy atom. The van der Waals surface area contributed by atoms with Crippen LogP contribution in [0.3, 0.4) is 0 Å². The highest BCUT2D eigenvalue weighted by atomic mass is 79.9. The minimum atomic E-state index is -4.53. The molecule has 0 fully saturated rings. The van der Waals surface area contributed by atoms with E-state index in [1.165, 1.54) is 19.4 Å². The fraction of sp³-hybridized carbons (Fsp3) is 0.158. The predicted octanol–water partition coefficient (Wildman–Crippen LogP) is 4.81. The highest BCUT2D eigenvalue weighted by Gasteiger charge is 2.30.